The minimum absolute atomic E-state index is 0.679. The van der Waals surface area contributed by atoms with Gasteiger partial charge in [-0.25, -0.2) is 0 Å². The van der Waals surface area contributed by atoms with Crippen LogP contribution in [0.2, 0.25) is 10.0 Å². The van der Waals surface area contributed by atoms with E-state index in [9.17, 15) is 0 Å². The zero-order chi connectivity index (χ0) is 11.5. The van der Waals surface area contributed by atoms with Crippen molar-refractivity contribution < 1.29 is 0 Å². The Bertz CT molecular complexity index is 492. The summed E-state index contributed by atoms with van der Waals surface area (Å²) in [5.41, 5.74) is 2.05. The maximum absolute atomic E-state index is 6.05. The Balaban J connectivity index is 2.10. The van der Waals surface area contributed by atoms with Crippen LogP contribution in [0, 0.1) is 0 Å². The van der Waals surface area contributed by atoms with Crippen LogP contribution < -0.4 is 5.32 Å². The summed E-state index contributed by atoms with van der Waals surface area (Å²) in [4.78, 5) is 0. The maximum Gasteiger partial charge on any atom is 0.0638 e. The lowest BCUT2D eigenvalue weighted by Gasteiger charge is -2.09. The molecule has 0 aliphatic carbocycles. The molecule has 0 aliphatic heterocycles. The fraction of sp³-hybridized carbons (Fsp3) is 0.167. The Hall–Kier alpha value is -1.12. The van der Waals surface area contributed by atoms with Gasteiger partial charge >= 0.3 is 0 Å². The van der Waals surface area contributed by atoms with E-state index >= 15 is 0 Å². The van der Waals surface area contributed by atoms with E-state index in [0.717, 1.165) is 12.2 Å². The molecule has 0 fully saturated rings. The monoisotopic (exact) mass is 254 g/mol. The lowest BCUT2D eigenvalue weighted by atomic mass is 10.3. The first kappa shape index (κ1) is 11.4. The van der Waals surface area contributed by atoms with E-state index in [1.165, 1.54) is 5.69 Å². The molecule has 0 saturated heterocycles. The van der Waals surface area contributed by atoms with Crippen molar-refractivity contribution >= 4 is 28.9 Å². The number of aromatic nitrogens is 1. The molecule has 0 radical (unpaired) electrons. The van der Waals surface area contributed by atoms with Crippen LogP contribution in [0.25, 0.3) is 0 Å². The highest BCUT2D eigenvalue weighted by Crippen LogP contribution is 2.25. The van der Waals surface area contributed by atoms with Gasteiger partial charge in [0.05, 0.1) is 17.3 Å². The zero-order valence-electron chi connectivity index (χ0n) is 8.87. The number of hydrogen-bond donors (Lipinski definition) is 1. The van der Waals surface area contributed by atoms with Gasteiger partial charge in [-0.2, -0.15) is 0 Å². The molecule has 1 aromatic heterocycles. The van der Waals surface area contributed by atoms with Crippen molar-refractivity contribution in [1.82, 2.24) is 4.57 Å². The first-order chi connectivity index (χ1) is 7.66. The summed E-state index contributed by atoms with van der Waals surface area (Å²) < 4.78 is 2.06. The van der Waals surface area contributed by atoms with Gasteiger partial charge in [-0.1, -0.05) is 23.2 Å². The van der Waals surface area contributed by atoms with Gasteiger partial charge in [-0.15, -0.1) is 0 Å². The van der Waals surface area contributed by atoms with E-state index in [-0.39, 0.29) is 0 Å². The van der Waals surface area contributed by atoms with Gasteiger partial charge in [0, 0.05) is 24.0 Å². The molecule has 2 nitrogen and oxygen atoms in total. The molecular formula is C12H12Cl2N2. The van der Waals surface area contributed by atoms with Gasteiger partial charge in [0.15, 0.2) is 0 Å². The van der Waals surface area contributed by atoms with E-state index < -0.39 is 0 Å². The summed E-state index contributed by atoms with van der Waals surface area (Å²) in [5, 5.41) is 4.62. The summed E-state index contributed by atoms with van der Waals surface area (Å²) in [6, 6.07) is 9.46. The van der Waals surface area contributed by atoms with Crippen LogP contribution in [0.4, 0.5) is 5.69 Å². The molecule has 84 valence electrons. The maximum atomic E-state index is 6.05. The third kappa shape index (κ3) is 2.52. The van der Waals surface area contributed by atoms with Crippen molar-refractivity contribution in [2.24, 2.45) is 7.05 Å². The molecule has 0 spiro atoms. The number of anilines is 1. The van der Waals surface area contributed by atoms with E-state index in [4.69, 9.17) is 23.2 Å². The van der Waals surface area contributed by atoms with Gasteiger partial charge in [-0.05, 0) is 30.3 Å². The van der Waals surface area contributed by atoms with E-state index in [2.05, 4.69) is 16.0 Å². The number of rotatable bonds is 3. The topological polar surface area (TPSA) is 17.0 Å². The van der Waals surface area contributed by atoms with E-state index in [1.54, 1.807) is 12.1 Å². The molecular weight excluding hydrogens is 243 g/mol. The summed E-state index contributed by atoms with van der Waals surface area (Å²) in [5.74, 6) is 0. The summed E-state index contributed by atoms with van der Waals surface area (Å²) in [6.45, 7) is 0.726. The van der Waals surface area contributed by atoms with Gasteiger partial charge in [-0.3, -0.25) is 0 Å². The molecule has 0 atom stereocenters. The quantitative estimate of drug-likeness (QED) is 0.878. The standard InChI is InChI=1S/C12H12Cl2N2/c1-16-6-2-3-10(16)8-15-12-7-9(13)4-5-11(12)14/h2-7,15H,8H2,1H3. The van der Waals surface area contributed by atoms with Crippen LogP contribution in [0.5, 0.6) is 0 Å². The Morgan fingerprint density at radius 3 is 2.75 bits per heavy atom. The lowest BCUT2D eigenvalue weighted by molar-refractivity contribution is 0.842. The lowest BCUT2D eigenvalue weighted by Crippen LogP contribution is -2.04. The van der Waals surface area contributed by atoms with Gasteiger partial charge < -0.3 is 9.88 Å². The van der Waals surface area contributed by atoms with Gasteiger partial charge in [0.2, 0.25) is 0 Å². The Morgan fingerprint density at radius 1 is 1.25 bits per heavy atom. The molecule has 2 aromatic rings. The second kappa shape index (κ2) is 4.81. The van der Waals surface area contributed by atoms with E-state index in [1.807, 2.05) is 25.4 Å². The summed E-state index contributed by atoms with van der Waals surface area (Å²) in [7, 11) is 2.01. The molecule has 2 rings (SSSR count). The number of aryl methyl sites for hydroxylation is 1. The third-order valence-corrected chi connectivity index (χ3v) is 3.00. The van der Waals surface area contributed by atoms with Crippen molar-refractivity contribution in [3.63, 3.8) is 0 Å². The Labute approximate surface area is 105 Å². The predicted molar refractivity (Wildman–Crippen MR) is 69.2 cm³/mol. The minimum atomic E-state index is 0.679. The van der Waals surface area contributed by atoms with Crippen LogP contribution in [0.15, 0.2) is 36.5 Å². The number of halogens is 2. The number of nitrogens with one attached hydrogen (secondary N) is 1. The number of benzene rings is 1. The highest BCUT2D eigenvalue weighted by atomic mass is 35.5. The minimum Gasteiger partial charge on any atom is -0.378 e. The van der Waals surface area contributed by atoms with Crippen molar-refractivity contribution in [2.75, 3.05) is 5.32 Å². The van der Waals surface area contributed by atoms with E-state index in [0.29, 0.717) is 10.0 Å². The number of hydrogen-bond acceptors (Lipinski definition) is 1. The number of nitrogens with zero attached hydrogens (tertiary/aromatic N) is 1. The molecule has 1 aromatic carbocycles. The smallest absolute Gasteiger partial charge is 0.0638 e. The highest BCUT2D eigenvalue weighted by Gasteiger charge is 2.02. The van der Waals surface area contributed by atoms with Crippen molar-refractivity contribution in [3.8, 4) is 0 Å². The van der Waals surface area contributed by atoms with Crippen molar-refractivity contribution in [2.45, 2.75) is 6.54 Å². The van der Waals surface area contributed by atoms with Gasteiger partial charge in [0.25, 0.3) is 0 Å². The first-order valence-electron chi connectivity index (χ1n) is 4.96. The molecule has 0 aliphatic rings. The zero-order valence-corrected chi connectivity index (χ0v) is 10.4. The molecule has 16 heavy (non-hydrogen) atoms. The molecule has 0 unspecified atom stereocenters. The van der Waals surface area contributed by atoms with Crippen LogP contribution >= 0.6 is 23.2 Å². The van der Waals surface area contributed by atoms with Crippen LogP contribution in [0.3, 0.4) is 0 Å². The molecule has 0 bridgehead atoms. The third-order valence-electron chi connectivity index (χ3n) is 2.44. The average Bonchev–Trinajstić information content (AvgIpc) is 2.66. The van der Waals surface area contributed by atoms with Crippen molar-refractivity contribution in [3.05, 3.63) is 52.3 Å². The molecule has 1 N–H and O–H groups in total. The SMILES string of the molecule is Cn1cccc1CNc1cc(Cl)ccc1Cl. The molecule has 0 amide bonds. The van der Waals surface area contributed by atoms with Crippen LogP contribution in [0.1, 0.15) is 5.69 Å². The first-order valence-corrected chi connectivity index (χ1v) is 5.71. The normalized spacial score (nSPS) is 10.4. The Kier molecular flexibility index (Phi) is 3.42. The summed E-state index contributed by atoms with van der Waals surface area (Å²) >= 11 is 12.0. The summed E-state index contributed by atoms with van der Waals surface area (Å²) in [6.07, 6.45) is 2.01. The largest absolute Gasteiger partial charge is 0.378 e. The highest BCUT2D eigenvalue weighted by molar-refractivity contribution is 6.35. The fourth-order valence-corrected chi connectivity index (χ4v) is 1.86. The molecule has 0 saturated carbocycles. The van der Waals surface area contributed by atoms with Crippen LogP contribution in [-0.4, -0.2) is 4.57 Å². The predicted octanol–water partition coefficient (Wildman–Crippen LogP) is 3.94. The van der Waals surface area contributed by atoms with Crippen molar-refractivity contribution in [1.29, 1.82) is 0 Å². The van der Waals surface area contributed by atoms with Crippen LogP contribution in [-0.2, 0) is 13.6 Å². The average molecular weight is 255 g/mol. The second-order valence-corrected chi connectivity index (χ2v) is 4.43. The Morgan fingerprint density at radius 2 is 2.06 bits per heavy atom. The fourth-order valence-electron chi connectivity index (χ4n) is 1.50. The molecule has 4 heteroatoms. The second-order valence-electron chi connectivity index (χ2n) is 3.59. The molecule has 1 heterocycles. The van der Waals surface area contributed by atoms with Gasteiger partial charge in [0.1, 0.15) is 0 Å².